The van der Waals surface area contributed by atoms with Crippen molar-refractivity contribution in [3.63, 3.8) is 0 Å². The fourth-order valence-electron chi connectivity index (χ4n) is 0.726. The van der Waals surface area contributed by atoms with Gasteiger partial charge in [0.25, 0.3) is 0 Å². The van der Waals surface area contributed by atoms with Crippen molar-refractivity contribution in [2.75, 3.05) is 27.2 Å². The first-order valence-corrected chi connectivity index (χ1v) is 5.31. The van der Waals surface area contributed by atoms with Gasteiger partial charge in [-0.2, -0.15) is 0 Å². The lowest BCUT2D eigenvalue weighted by Crippen LogP contribution is -2.28. The van der Waals surface area contributed by atoms with Crippen LogP contribution in [-0.4, -0.2) is 49.1 Å². The first-order valence-electron chi connectivity index (χ1n) is 5.31. The van der Waals surface area contributed by atoms with Crippen molar-refractivity contribution < 1.29 is 0 Å². The Hall–Kier alpha value is -0.520. The van der Waals surface area contributed by atoms with Gasteiger partial charge in [0.05, 0.1) is 13.1 Å². The van der Waals surface area contributed by atoms with Crippen LogP contribution in [0.3, 0.4) is 0 Å². The summed E-state index contributed by atoms with van der Waals surface area (Å²) in [5.41, 5.74) is 0. The molecule has 0 amide bonds. The highest BCUT2D eigenvalue weighted by Crippen LogP contribution is 1.92. The zero-order valence-electron chi connectivity index (χ0n) is 10.5. The molecule has 0 aliphatic rings. The van der Waals surface area contributed by atoms with E-state index in [1.807, 2.05) is 0 Å². The Balaban J connectivity index is 3.73. The minimum absolute atomic E-state index is 0.576. The van der Waals surface area contributed by atoms with Crippen molar-refractivity contribution >= 4 is 0 Å². The first-order chi connectivity index (χ1) is 6.45. The quantitative estimate of drug-likeness (QED) is 0.631. The maximum absolute atomic E-state index is 3.19. The summed E-state index contributed by atoms with van der Waals surface area (Å²) in [6.45, 7) is 10.5. The molecule has 2 heteroatoms. The lowest BCUT2D eigenvalue weighted by atomic mass is 10.3. The molecule has 0 aliphatic carbocycles. The molecule has 0 spiro atoms. The Labute approximate surface area is 89.3 Å². The molecule has 0 bridgehead atoms. The molecule has 0 atom stereocenters. The molecule has 0 N–H and O–H groups in total. The minimum Gasteiger partial charge on any atom is -0.293 e. The molecular weight excluding hydrogens is 172 g/mol. The fourth-order valence-corrected chi connectivity index (χ4v) is 0.726. The van der Waals surface area contributed by atoms with Crippen LogP contribution >= 0.6 is 0 Å². The number of nitrogens with zero attached hydrogens (tertiary/aromatic N) is 2. The zero-order valence-corrected chi connectivity index (χ0v) is 10.5. The van der Waals surface area contributed by atoms with Gasteiger partial charge < -0.3 is 0 Å². The van der Waals surface area contributed by atoms with Crippen molar-refractivity contribution in [3.05, 3.63) is 0 Å². The molecule has 0 aromatic carbocycles. The summed E-state index contributed by atoms with van der Waals surface area (Å²) >= 11 is 0. The SMILES string of the molecule is CC(C)N(C)CC#CCN(C)C(C)C. The van der Waals surface area contributed by atoms with E-state index in [1.165, 1.54) is 0 Å². The van der Waals surface area contributed by atoms with Crippen LogP contribution in [0.1, 0.15) is 27.7 Å². The normalized spacial score (nSPS) is 11.3. The van der Waals surface area contributed by atoms with Gasteiger partial charge in [-0.1, -0.05) is 11.8 Å². The summed E-state index contributed by atoms with van der Waals surface area (Å²) in [7, 11) is 4.21. The third-order valence-electron chi connectivity index (χ3n) is 2.55. The average Bonchev–Trinajstić information content (AvgIpc) is 2.11. The van der Waals surface area contributed by atoms with E-state index in [2.05, 4.69) is 63.4 Å². The van der Waals surface area contributed by atoms with Crippen LogP contribution in [0.4, 0.5) is 0 Å². The molecule has 0 aromatic heterocycles. The summed E-state index contributed by atoms with van der Waals surface area (Å²) in [5.74, 6) is 6.37. The third-order valence-corrected chi connectivity index (χ3v) is 2.55. The van der Waals surface area contributed by atoms with Gasteiger partial charge >= 0.3 is 0 Å². The van der Waals surface area contributed by atoms with E-state index in [-0.39, 0.29) is 0 Å². The highest BCUT2D eigenvalue weighted by molar-refractivity contribution is 5.03. The van der Waals surface area contributed by atoms with Crippen LogP contribution in [0.2, 0.25) is 0 Å². The highest BCUT2D eigenvalue weighted by atomic mass is 15.1. The highest BCUT2D eigenvalue weighted by Gasteiger charge is 2.00. The van der Waals surface area contributed by atoms with Crippen LogP contribution in [0, 0.1) is 11.8 Å². The van der Waals surface area contributed by atoms with Gasteiger partial charge in [-0.05, 0) is 41.8 Å². The molecule has 0 heterocycles. The second kappa shape index (κ2) is 6.86. The number of rotatable bonds is 4. The summed E-state index contributed by atoms with van der Waals surface area (Å²) in [5, 5.41) is 0. The van der Waals surface area contributed by atoms with E-state index < -0.39 is 0 Å². The van der Waals surface area contributed by atoms with E-state index in [1.54, 1.807) is 0 Å². The average molecular weight is 196 g/mol. The van der Waals surface area contributed by atoms with Crippen molar-refractivity contribution in [1.82, 2.24) is 9.80 Å². The summed E-state index contributed by atoms with van der Waals surface area (Å²) < 4.78 is 0. The molecule has 0 saturated carbocycles. The molecular formula is C12H24N2. The van der Waals surface area contributed by atoms with Gasteiger partial charge in [0.15, 0.2) is 0 Å². The van der Waals surface area contributed by atoms with Crippen LogP contribution < -0.4 is 0 Å². The van der Waals surface area contributed by atoms with Crippen LogP contribution in [0.5, 0.6) is 0 Å². The number of hydrogen-bond donors (Lipinski definition) is 0. The van der Waals surface area contributed by atoms with E-state index in [0.717, 1.165) is 13.1 Å². The first kappa shape index (κ1) is 13.5. The van der Waals surface area contributed by atoms with Gasteiger partial charge in [-0.15, -0.1) is 0 Å². The smallest absolute Gasteiger partial charge is 0.0601 e. The predicted molar refractivity (Wildman–Crippen MR) is 63.3 cm³/mol. The Kier molecular flexibility index (Phi) is 6.61. The molecule has 0 unspecified atom stereocenters. The van der Waals surface area contributed by atoms with Crippen LogP contribution in [0.25, 0.3) is 0 Å². The third kappa shape index (κ3) is 6.01. The summed E-state index contributed by atoms with van der Waals surface area (Å²) in [4.78, 5) is 4.48. The van der Waals surface area contributed by atoms with Crippen molar-refractivity contribution in [1.29, 1.82) is 0 Å². The maximum atomic E-state index is 3.19. The molecule has 0 fully saturated rings. The fraction of sp³-hybridized carbons (Fsp3) is 0.833. The topological polar surface area (TPSA) is 6.48 Å². The van der Waals surface area contributed by atoms with E-state index >= 15 is 0 Å². The minimum atomic E-state index is 0.576. The molecule has 14 heavy (non-hydrogen) atoms. The Morgan fingerprint density at radius 3 is 1.29 bits per heavy atom. The summed E-state index contributed by atoms with van der Waals surface area (Å²) in [6.07, 6.45) is 0. The lowest BCUT2D eigenvalue weighted by Gasteiger charge is -2.18. The van der Waals surface area contributed by atoms with Gasteiger partial charge in [0.2, 0.25) is 0 Å². The Morgan fingerprint density at radius 1 is 0.786 bits per heavy atom. The monoisotopic (exact) mass is 196 g/mol. The zero-order chi connectivity index (χ0) is 11.1. The number of hydrogen-bond acceptors (Lipinski definition) is 2. The Bertz CT molecular complexity index is 178. The molecule has 0 aliphatic heterocycles. The van der Waals surface area contributed by atoms with Crippen molar-refractivity contribution in [2.45, 2.75) is 39.8 Å². The van der Waals surface area contributed by atoms with Gasteiger partial charge in [0, 0.05) is 12.1 Å². The van der Waals surface area contributed by atoms with Gasteiger partial charge in [-0.3, -0.25) is 9.80 Å². The predicted octanol–water partition coefficient (Wildman–Crippen LogP) is 1.67. The van der Waals surface area contributed by atoms with Crippen molar-refractivity contribution in [2.24, 2.45) is 0 Å². The standard InChI is InChI=1S/C12H24N2/c1-11(2)13(5)9-7-8-10-14(6)12(3)4/h11-12H,9-10H2,1-6H3. The van der Waals surface area contributed by atoms with Gasteiger partial charge in [-0.25, -0.2) is 0 Å². The molecule has 0 rings (SSSR count). The van der Waals surface area contributed by atoms with Crippen LogP contribution in [-0.2, 0) is 0 Å². The van der Waals surface area contributed by atoms with E-state index in [0.29, 0.717) is 12.1 Å². The van der Waals surface area contributed by atoms with E-state index in [4.69, 9.17) is 0 Å². The van der Waals surface area contributed by atoms with E-state index in [9.17, 15) is 0 Å². The second-order valence-electron chi connectivity index (χ2n) is 4.37. The molecule has 0 radical (unpaired) electrons. The van der Waals surface area contributed by atoms with Crippen molar-refractivity contribution in [3.8, 4) is 11.8 Å². The van der Waals surface area contributed by atoms with Crippen LogP contribution in [0.15, 0.2) is 0 Å². The molecule has 82 valence electrons. The lowest BCUT2D eigenvalue weighted by molar-refractivity contribution is 0.303. The molecule has 0 aromatic rings. The second-order valence-corrected chi connectivity index (χ2v) is 4.37. The van der Waals surface area contributed by atoms with Gasteiger partial charge in [0.1, 0.15) is 0 Å². The molecule has 2 nitrogen and oxygen atoms in total. The summed E-state index contributed by atoms with van der Waals surface area (Å²) in [6, 6.07) is 1.15. The maximum Gasteiger partial charge on any atom is 0.0601 e. The molecule has 0 saturated heterocycles. The largest absolute Gasteiger partial charge is 0.293 e. The Morgan fingerprint density at radius 2 is 1.07 bits per heavy atom.